The van der Waals surface area contributed by atoms with Crippen LogP contribution in [-0.2, 0) is 15.1 Å². The second-order valence-electron chi connectivity index (χ2n) is 8.23. The number of carbonyl (C=O) groups is 3. The number of rotatable bonds is 7. The summed E-state index contributed by atoms with van der Waals surface area (Å²) in [5, 5.41) is 5.66. The van der Waals surface area contributed by atoms with Crippen LogP contribution in [0.15, 0.2) is 18.2 Å². The van der Waals surface area contributed by atoms with Gasteiger partial charge in [0, 0.05) is 6.54 Å². The minimum atomic E-state index is -1.30. The standard InChI is InChI=1S/C22H31N3O5/c1-14(19(26)23-13-15-8-6-5-7-9-15)25-20(27)22(2,24-21(25)28)16-10-11-17(29-3)18(12-16)30-4/h10-12,14-15H,5-9,13H2,1-4H3,(H,23,26)(H,24,28)/t14-,22-/m1/s1. The second-order valence-corrected chi connectivity index (χ2v) is 8.23. The van der Waals surface area contributed by atoms with Gasteiger partial charge in [0.1, 0.15) is 11.6 Å². The zero-order chi connectivity index (χ0) is 21.9. The van der Waals surface area contributed by atoms with Crippen LogP contribution in [0.2, 0.25) is 0 Å². The molecule has 0 spiro atoms. The molecule has 1 saturated carbocycles. The Balaban J connectivity index is 1.73. The normalized spacial score (nSPS) is 23.1. The number of hydrogen-bond acceptors (Lipinski definition) is 5. The summed E-state index contributed by atoms with van der Waals surface area (Å²) in [6.45, 7) is 3.79. The van der Waals surface area contributed by atoms with Gasteiger partial charge in [-0.15, -0.1) is 0 Å². The zero-order valence-electron chi connectivity index (χ0n) is 18.1. The summed E-state index contributed by atoms with van der Waals surface area (Å²) in [6.07, 6.45) is 5.84. The molecule has 8 heteroatoms. The van der Waals surface area contributed by atoms with Gasteiger partial charge in [0.2, 0.25) is 5.91 Å². The molecule has 0 unspecified atom stereocenters. The predicted octanol–water partition coefficient (Wildman–Crippen LogP) is 2.56. The maximum absolute atomic E-state index is 13.2. The molecule has 1 heterocycles. The molecule has 2 aliphatic rings. The highest BCUT2D eigenvalue weighted by Crippen LogP contribution is 2.36. The molecule has 30 heavy (non-hydrogen) atoms. The number of hydrogen-bond donors (Lipinski definition) is 2. The van der Waals surface area contributed by atoms with Crippen molar-refractivity contribution in [2.24, 2.45) is 5.92 Å². The molecule has 3 rings (SSSR count). The number of ether oxygens (including phenoxy) is 2. The van der Waals surface area contributed by atoms with Gasteiger partial charge < -0.3 is 20.1 Å². The molecule has 2 N–H and O–H groups in total. The quantitative estimate of drug-likeness (QED) is 0.665. The second kappa shape index (κ2) is 8.93. The summed E-state index contributed by atoms with van der Waals surface area (Å²) < 4.78 is 10.6. The number of nitrogens with zero attached hydrogens (tertiary/aromatic N) is 1. The molecule has 1 saturated heterocycles. The van der Waals surface area contributed by atoms with Gasteiger partial charge in [-0.3, -0.25) is 9.59 Å². The Bertz CT molecular complexity index is 821. The first-order valence-electron chi connectivity index (χ1n) is 10.5. The third kappa shape index (κ3) is 4.08. The van der Waals surface area contributed by atoms with E-state index in [2.05, 4.69) is 10.6 Å². The Morgan fingerprint density at radius 1 is 1.20 bits per heavy atom. The number of methoxy groups -OCH3 is 2. The SMILES string of the molecule is COc1ccc([C@@]2(C)NC(=O)N([C@H](C)C(=O)NCC3CCCCC3)C2=O)cc1OC. The van der Waals surface area contributed by atoms with Crippen LogP contribution >= 0.6 is 0 Å². The van der Waals surface area contributed by atoms with E-state index in [1.165, 1.54) is 33.5 Å². The summed E-state index contributed by atoms with van der Waals surface area (Å²) in [6, 6.07) is 3.56. The summed E-state index contributed by atoms with van der Waals surface area (Å²) in [5.41, 5.74) is -0.745. The Morgan fingerprint density at radius 2 is 1.87 bits per heavy atom. The highest BCUT2D eigenvalue weighted by Gasteiger charge is 2.52. The van der Waals surface area contributed by atoms with Crippen molar-refractivity contribution in [3.05, 3.63) is 23.8 Å². The van der Waals surface area contributed by atoms with Crippen molar-refractivity contribution < 1.29 is 23.9 Å². The predicted molar refractivity (Wildman–Crippen MR) is 111 cm³/mol. The molecule has 0 radical (unpaired) electrons. The Hall–Kier alpha value is -2.77. The summed E-state index contributed by atoms with van der Waals surface area (Å²) >= 11 is 0. The first kappa shape index (κ1) is 21.9. The summed E-state index contributed by atoms with van der Waals surface area (Å²) in [4.78, 5) is 39.6. The average Bonchev–Trinajstić information content (AvgIpc) is 3.00. The Kier molecular flexibility index (Phi) is 6.53. The van der Waals surface area contributed by atoms with Crippen LogP contribution in [0.4, 0.5) is 4.79 Å². The first-order chi connectivity index (χ1) is 14.3. The third-order valence-electron chi connectivity index (χ3n) is 6.24. The molecule has 164 valence electrons. The maximum atomic E-state index is 13.2. The molecule has 2 fully saturated rings. The highest BCUT2D eigenvalue weighted by molar-refractivity contribution is 6.10. The van der Waals surface area contributed by atoms with Crippen molar-refractivity contribution in [1.82, 2.24) is 15.5 Å². The summed E-state index contributed by atoms with van der Waals surface area (Å²) in [7, 11) is 3.03. The van der Waals surface area contributed by atoms with E-state index in [-0.39, 0.29) is 5.91 Å². The van der Waals surface area contributed by atoms with E-state index >= 15 is 0 Å². The molecule has 0 bridgehead atoms. The van der Waals surface area contributed by atoms with Crippen LogP contribution < -0.4 is 20.1 Å². The number of amides is 4. The molecule has 8 nitrogen and oxygen atoms in total. The van der Waals surface area contributed by atoms with Crippen LogP contribution in [0.25, 0.3) is 0 Å². The molecule has 4 amide bonds. The lowest BCUT2D eigenvalue weighted by Gasteiger charge is -2.26. The molecule has 1 aliphatic heterocycles. The van der Waals surface area contributed by atoms with Gasteiger partial charge >= 0.3 is 6.03 Å². The van der Waals surface area contributed by atoms with Gasteiger partial charge in [0.25, 0.3) is 5.91 Å². The van der Waals surface area contributed by atoms with Crippen molar-refractivity contribution in [3.63, 3.8) is 0 Å². The van der Waals surface area contributed by atoms with Gasteiger partial charge in [0.05, 0.1) is 14.2 Å². The number of nitrogens with one attached hydrogen (secondary N) is 2. The number of imide groups is 1. The van der Waals surface area contributed by atoms with Crippen molar-refractivity contribution >= 4 is 17.8 Å². The van der Waals surface area contributed by atoms with Crippen molar-refractivity contribution in [2.75, 3.05) is 20.8 Å². The maximum Gasteiger partial charge on any atom is 0.326 e. The van der Waals surface area contributed by atoms with Gasteiger partial charge in [-0.25, -0.2) is 9.69 Å². The highest BCUT2D eigenvalue weighted by atomic mass is 16.5. The van der Waals surface area contributed by atoms with Crippen molar-refractivity contribution in [1.29, 1.82) is 0 Å². The van der Waals surface area contributed by atoms with E-state index in [0.717, 1.165) is 17.7 Å². The topological polar surface area (TPSA) is 97.0 Å². The fourth-order valence-corrected chi connectivity index (χ4v) is 4.26. The molecular formula is C22H31N3O5. The summed E-state index contributed by atoms with van der Waals surface area (Å²) in [5.74, 6) is 0.652. The monoisotopic (exact) mass is 417 g/mol. The number of benzene rings is 1. The van der Waals surface area contributed by atoms with Gasteiger partial charge in [-0.2, -0.15) is 0 Å². The Labute approximate surface area is 177 Å². The van der Waals surface area contributed by atoms with Crippen LogP contribution in [-0.4, -0.2) is 49.6 Å². The van der Waals surface area contributed by atoms with Crippen LogP contribution in [0.3, 0.4) is 0 Å². The van der Waals surface area contributed by atoms with E-state index in [0.29, 0.717) is 29.5 Å². The molecular weight excluding hydrogens is 386 g/mol. The van der Waals surface area contributed by atoms with Crippen LogP contribution in [0.1, 0.15) is 51.5 Å². The lowest BCUT2D eigenvalue weighted by atomic mass is 9.89. The first-order valence-corrected chi connectivity index (χ1v) is 10.5. The van der Waals surface area contributed by atoms with Crippen molar-refractivity contribution in [2.45, 2.75) is 57.5 Å². The number of carbonyl (C=O) groups excluding carboxylic acids is 3. The molecule has 0 aromatic heterocycles. The van der Waals surface area contributed by atoms with E-state index in [1.807, 2.05) is 0 Å². The van der Waals surface area contributed by atoms with Crippen LogP contribution in [0.5, 0.6) is 11.5 Å². The fourth-order valence-electron chi connectivity index (χ4n) is 4.26. The number of urea groups is 1. The van der Waals surface area contributed by atoms with E-state index in [9.17, 15) is 14.4 Å². The van der Waals surface area contributed by atoms with Crippen LogP contribution in [0, 0.1) is 5.92 Å². The molecule has 1 aromatic rings. The minimum Gasteiger partial charge on any atom is -0.493 e. The minimum absolute atomic E-state index is 0.319. The lowest BCUT2D eigenvalue weighted by Crippen LogP contribution is -2.50. The lowest BCUT2D eigenvalue weighted by molar-refractivity contribution is -0.137. The largest absolute Gasteiger partial charge is 0.493 e. The molecule has 1 aromatic carbocycles. The van der Waals surface area contributed by atoms with Gasteiger partial charge in [0.15, 0.2) is 11.5 Å². The Morgan fingerprint density at radius 3 is 2.50 bits per heavy atom. The average molecular weight is 418 g/mol. The van der Waals surface area contributed by atoms with Crippen molar-refractivity contribution in [3.8, 4) is 11.5 Å². The third-order valence-corrected chi connectivity index (χ3v) is 6.24. The van der Waals surface area contributed by atoms with E-state index in [4.69, 9.17) is 9.47 Å². The molecule has 1 aliphatic carbocycles. The van der Waals surface area contributed by atoms with Gasteiger partial charge in [-0.1, -0.05) is 25.3 Å². The molecule has 2 atom stereocenters. The smallest absolute Gasteiger partial charge is 0.326 e. The van der Waals surface area contributed by atoms with Gasteiger partial charge in [-0.05, 0) is 50.3 Å². The fraction of sp³-hybridized carbons (Fsp3) is 0.591. The van der Waals surface area contributed by atoms with E-state index < -0.39 is 23.5 Å². The van der Waals surface area contributed by atoms with E-state index in [1.54, 1.807) is 32.0 Å². The zero-order valence-corrected chi connectivity index (χ0v) is 18.1.